The number of pyridine rings is 1. The van der Waals surface area contributed by atoms with Gasteiger partial charge in [-0.25, -0.2) is 22.0 Å². The van der Waals surface area contributed by atoms with Crippen LogP contribution in [0.2, 0.25) is 5.02 Å². The molecule has 0 bridgehead atoms. The molecule has 1 heterocycles. The molecule has 110 valence electrons. The Morgan fingerprint density at radius 2 is 1.52 bits per heavy atom. The van der Waals surface area contributed by atoms with E-state index >= 15 is 0 Å². The molecule has 0 radical (unpaired) electrons. The average molecular weight is 323 g/mol. The van der Waals surface area contributed by atoms with E-state index in [1.54, 1.807) is 5.32 Å². The summed E-state index contributed by atoms with van der Waals surface area (Å²) in [6.07, 6.45) is 2.24. The van der Waals surface area contributed by atoms with Gasteiger partial charge in [-0.15, -0.1) is 0 Å². The predicted octanol–water partition coefficient (Wildman–Crippen LogP) is 3.68. The van der Waals surface area contributed by atoms with Gasteiger partial charge in [-0.1, -0.05) is 11.6 Å². The van der Waals surface area contributed by atoms with Crippen LogP contribution < -0.4 is 5.32 Å². The number of aromatic nitrogens is 1. The number of nitrogens with zero attached hydrogens (tertiary/aromatic N) is 1. The molecule has 0 saturated heterocycles. The lowest BCUT2D eigenvalue weighted by Gasteiger charge is -2.10. The Balaban J connectivity index is 2.46. The van der Waals surface area contributed by atoms with Crippen molar-refractivity contribution in [3.05, 3.63) is 58.1 Å². The van der Waals surface area contributed by atoms with Crippen molar-refractivity contribution >= 4 is 23.2 Å². The number of carbonyl (C=O) groups excluding carboxylic acids is 1. The highest BCUT2D eigenvalue weighted by molar-refractivity contribution is 6.34. The third-order valence-electron chi connectivity index (χ3n) is 2.47. The Bertz CT molecular complexity index is 709. The number of halogens is 6. The van der Waals surface area contributed by atoms with Gasteiger partial charge in [0.2, 0.25) is 5.82 Å². The second kappa shape index (κ2) is 5.65. The molecule has 2 rings (SSSR count). The summed E-state index contributed by atoms with van der Waals surface area (Å²) in [6, 6.07) is 1.11. The van der Waals surface area contributed by atoms with Crippen molar-refractivity contribution in [3.63, 3.8) is 0 Å². The normalized spacial score (nSPS) is 10.6. The summed E-state index contributed by atoms with van der Waals surface area (Å²) in [7, 11) is 0. The van der Waals surface area contributed by atoms with E-state index in [-0.39, 0.29) is 10.6 Å². The van der Waals surface area contributed by atoms with Crippen LogP contribution in [0.4, 0.5) is 27.6 Å². The maximum absolute atomic E-state index is 13.4. The van der Waals surface area contributed by atoms with Gasteiger partial charge in [0.1, 0.15) is 5.69 Å². The summed E-state index contributed by atoms with van der Waals surface area (Å²) >= 11 is 5.63. The lowest BCUT2D eigenvalue weighted by atomic mass is 10.2. The van der Waals surface area contributed by atoms with E-state index in [0.717, 1.165) is 12.3 Å². The van der Waals surface area contributed by atoms with Crippen LogP contribution in [-0.4, -0.2) is 10.9 Å². The molecule has 1 amide bonds. The van der Waals surface area contributed by atoms with Crippen molar-refractivity contribution in [1.29, 1.82) is 0 Å². The molecule has 0 saturated carbocycles. The molecular formula is C12H4ClF5N2O. The van der Waals surface area contributed by atoms with Gasteiger partial charge in [-0.05, 0) is 6.07 Å². The number of nitrogens with one attached hydrogen (secondary N) is 1. The summed E-state index contributed by atoms with van der Waals surface area (Å²) in [4.78, 5) is 15.3. The van der Waals surface area contributed by atoms with E-state index in [9.17, 15) is 26.7 Å². The zero-order valence-corrected chi connectivity index (χ0v) is 10.6. The molecule has 0 unspecified atom stereocenters. The number of benzene rings is 1. The minimum Gasteiger partial charge on any atom is -0.317 e. The number of rotatable bonds is 2. The molecule has 0 aliphatic heterocycles. The highest BCUT2D eigenvalue weighted by Gasteiger charge is 2.27. The Kier molecular flexibility index (Phi) is 4.08. The van der Waals surface area contributed by atoms with Gasteiger partial charge >= 0.3 is 0 Å². The Morgan fingerprint density at radius 3 is 2.05 bits per heavy atom. The maximum Gasteiger partial charge on any atom is 0.257 e. The third-order valence-corrected chi connectivity index (χ3v) is 2.77. The van der Waals surface area contributed by atoms with E-state index < -0.39 is 40.7 Å². The van der Waals surface area contributed by atoms with Crippen LogP contribution in [0.1, 0.15) is 10.4 Å². The van der Waals surface area contributed by atoms with Crippen molar-refractivity contribution in [2.75, 3.05) is 5.32 Å². The van der Waals surface area contributed by atoms with Gasteiger partial charge in [-0.2, -0.15) is 0 Å². The minimum atomic E-state index is -2.31. The largest absolute Gasteiger partial charge is 0.317 e. The first-order chi connectivity index (χ1) is 9.84. The van der Waals surface area contributed by atoms with Crippen molar-refractivity contribution in [3.8, 4) is 0 Å². The second-order valence-corrected chi connectivity index (χ2v) is 4.16. The second-order valence-electron chi connectivity index (χ2n) is 3.75. The van der Waals surface area contributed by atoms with Gasteiger partial charge in [-0.3, -0.25) is 9.78 Å². The molecule has 1 N–H and O–H groups in total. The molecule has 1 aromatic carbocycles. The molecule has 0 aliphatic rings. The van der Waals surface area contributed by atoms with Gasteiger partial charge in [0.15, 0.2) is 23.3 Å². The van der Waals surface area contributed by atoms with Crippen LogP contribution in [0.15, 0.2) is 18.5 Å². The fourth-order valence-corrected chi connectivity index (χ4v) is 1.66. The average Bonchev–Trinajstić information content (AvgIpc) is 2.48. The highest BCUT2D eigenvalue weighted by atomic mass is 35.5. The Morgan fingerprint density at radius 1 is 1.00 bits per heavy atom. The van der Waals surface area contributed by atoms with Gasteiger partial charge in [0.25, 0.3) is 5.91 Å². The first-order valence-electron chi connectivity index (χ1n) is 5.27. The van der Waals surface area contributed by atoms with Gasteiger partial charge in [0.05, 0.1) is 10.6 Å². The molecule has 21 heavy (non-hydrogen) atoms. The summed E-state index contributed by atoms with van der Waals surface area (Å²) in [5.41, 5.74) is -1.69. The van der Waals surface area contributed by atoms with E-state index in [1.807, 2.05) is 0 Å². The summed E-state index contributed by atoms with van der Waals surface area (Å²) < 4.78 is 65.6. The molecule has 9 heteroatoms. The van der Waals surface area contributed by atoms with E-state index in [0.29, 0.717) is 0 Å². The zero-order valence-electron chi connectivity index (χ0n) is 9.86. The minimum absolute atomic E-state index is 0.154. The third kappa shape index (κ3) is 2.66. The SMILES string of the molecule is O=C(Nc1c(F)c(F)c(F)c(F)c1F)c1ccncc1Cl. The van der Waals surface area contributed by atoms with Crippen LogP contribution in [0.5, 0.6) is 0 Å². The first kappa shape index (κ1) is 15.2. The van der Waals surface area contributed by atoms with Crippen molar-refractivity contribution in [2.45, 2.75) is 0 Å². The summed E-state index contributed by atoms with van der Waals surface area (Å²) in [5, 5.41) is 1.44. The number of hydrogen-bond donors (Lipinski definition) is 1. The fraction of sp³-hybridized carbons (Fsp3) is 0. The summed E-state index contributed by atoms with van der Waals surface area (Å²) in [5.74, 6) is -12.1. The van der Waals surface area contributed by atoms with E-state index in [1.165, 1.54) is 6.20 Å². The van der Waals surface area contributed by atoms with Crippen LogP contribution in [-0.2, 0) is 0 Å². The van der Waals surface area contributed by atoms with E-state index in [4.69, 9.17) is 11.6 Å². The van der Waals surface area contributed by atoms with Crippen LogP contribution in [0.25, 0.3) is 0 Å². The van der Waals surface area contributed by atoms with Crippen molar-refractivity contribution in [2.24, 2.45) is 0 Å². The van der Waals surface area contributed by atoms with Gasteiger partial charge in [0, 0.05) is 12.4 Å². The topological polar surface area (TPSA) is 42.0 Å². The maximum atomic E-state index is 13.4. The zero-order chi connectivity index (χ0) is 15.7. The molecule has 2 aromatic rings. The highest BCUT2D eigenvalue weighted by Crippen LogP contribution is 2.28. The Labute approximate surface area is 119 Å². The molecule has 1 aromatic heterocycles. The smallest absolute Gasteiger partial charge is 0.257 e. The lowest BCUT2D eigenvalue weighted by molar-refractivity contribution is 0.102. The molecule has 3 nitrogen and oxygen atoms in total. The van der Waals surface area contributed by atoms with E-state index in [2.05, 4.69) is 4.98 Å². The Hall–Kier alpha value is -2.22. The molecule has 0 fully saturated rings. The first-order valence-corrected chi connectivity index (χ1v) is 5.64. The number of carbonyl (C=O) groups is 1. The monoisotopic (exact) mass is 322 g/mol. The molecule has 0 aliphatic carbocycles. The summed E-state index contributed by atoms with van der Waals surface area (Å²) in [6.45, 7) is 0. The number of hydrogen-bond acceptors (Lipinski definition) is 2. The van der Waals surface area contributed by atoms with Crippen LogP contribution in [0.3, 0.4) is 0 Å². The number of anilines is 1. The van der Waals surface area contributed by atoms with Crippen molar-refractivity contribution in [1.82, 2.24) is 4.98 Å². The lowest BCUT2D eigenvalue weighted by Crippen LogP contribution is -2.17. The predicted molar refractivity (Wildman–Crippen MR) is 63.4 cm³/mol. The molecular weight excluding hydrogens is 319 g/mol. The standard InChI is InChI=1S/C12H4ClF5N2O/c13-5-3-19-2-1-4(5)12(21)20-11-9(17)7(15)6(14)8(16)10(11)18/h1-3H,(H,20,21). The number of amides is 1. The van der Waals surface area contributed by atoms with Crippen molar-refractivity contribution < 1.29 is 26.7 Å². The fourth-order valence-electron chi connectivity index (χ4n) is 1.45. The quantitative estimate of drug-likeness (QED) is 0.520. The molecule has 0 atom stereocenters. The van der Waals surface area contributed by atoms with Gasteiger partial charge < -0.3 is 5.32 Å². The van der Waals surface area contributed by atoms with Crippen LogP contribution >= 0.6 is 11.6 Å². The van der Waals surface area contributed by atoms with Crippen LogP contribution in [0, 0.1) is 29.1 Å². The molecule has 0 spiro atoms.